The third-order valence-corrected chi connectivity index (χ3v) is 4.04. The first kappa shape index (κ1) is 20.1. The van der Waals surface area contributed by atoms with Crippen molar-refractivity contribution in [2.24, 2.45) is 0 Å². The summed E-state index contributed by atoms with van der Waals surface area (Å²) in [7, 11) is 1.34. The normalized spacial score (nSPS) is 11.4. The van der Waals surface area contributed by atoms with Gasteiger partial charge in [-0.3, -0.25) is 4.79 Å². The molecular formula is C18H15F4N5O2. The lowest BCUT2D eigenvalue weighted by Crippen LogP contribution is -2.16. The third kappa shape index (κ3) is 3.84. The highest BCUT2D eigenvalue weighted by Gasteiger charge is 2.31. The molecule has 0 atom stereocenters. The van der Waals surface area contributed by atoms with Gasteiger partial charge in [0.05, 0.1) is 18.4 Å². The zero-order valence-corrected chi connectivity index (χ0v) is 15.2. The number of aromatic nitrogens is 3. The largest absolute Gasteiger partial charge is 0.494 e. The Morgan fingerprint density at radius 3 is 2.55 bits per heavy atom. The molecule has 2 aromatic heterocycles. The van der Waals surface area contributed by atoms with Gasteiger partial charge in [0.2, 0.25) is 0 Å². The van der Waals surface area contributed by atoms with Gasteiger partial charge in [0.15, 0.2) is 5.82 Å². The summed E-state index contributed by atoms with van der Waals surface area (Å²) in [6.07, 6.45) is -3.95. The number of nitrogens with one attached hydrogen (secondary N) is 1. The van der Waals surface area contributed by atoms with Crippen LogP contribution in [0.3, 0.4) is 0 Å². The number of carbonyl (C=O) groups excluding carboxylic acids is 1. The molecule has 1 aromatic carbocycles. The summed E-state index contributed by atoms with van der Waals surface area (Å²) in [5, 5.41) is 6.45. The minimum Gasteiger partial charge on any atom is -0.494 e. The van der Waals surface area contributed by atoms with Gasteiger partial charge in [0, 0.05) is 6.20 Å². The molecule has 29 heavy (non-hydrogen) atoms. The highest BCUT2D eigenvalue weighted by Crippen LogP contribution is 2.31. The maximum atomic E-state index is 14.3. The van der Waals surface area contributed by atoms with Gasteiger partial charge in [-0.15, -0.1) is 0 Å². The molecule has 0 saturated carbocycles. The molecule has 0 aliphatic carbocycles. The van der Waals surface area contributed by atoms with E-state index in [1.165, 1.54) is 32.2 Å². The molecule has 1 amide bonds. The number of ether oxygens (including phenoxy) is 1. The van der Waals surface area contributed by atoms with E-state index in [4.69, 9.17) is 10.5 Å². The first-order chi connectivity index (χ1) is 13.6. The van der Waals surface area contributed by atoms with Gasteiger partial charge in [-0.1, -0.05) is 6.07 Å². The summed E-state index contributed by atoms with van der Waals surface area (Å²) in [6.45, 7) is 1.48. The van der Waals surface area contributed by atoms with E-state index < -0.39 is 23.5 Å². The number of alkyl halides is 3. The standard InChI is InChI=1S/C18H15F4N5O2/c1-9-14(17(28)25-13-7-6-10(8-24-13)18(20,21)22)16(23)27(26-9)15-11(19)4-3-5-12(15)29-2/h3-8H,23H2,1-2H3,(H,24,25,28). The fourth-order valence-corrected chi connectivity index (χ4v) is 2.68. The van der Waals surface area contributed by atoms with Crippen LogP contribution in [0, 0.1) is 12.7 Å². The Hall–Kier alpha value is -3.63. The maximum absolute atomic E-state index is 14.3. The van der Waals surface area contributed by atoms with Crippen molar-refractivity contribution in [2.75, 3.05) is 18.2 Å². The van der Waals surface area contributed by atoms with Gasteiger partial charge in [0.25, 0.3) is 5.91 Å². The molecule has 11 heteroatoms. The Balaban J connectivity index is 1.94. The Bertz CT molecular complexity index is 1060. The number of carbonyl (C=O) groups is 1. The zero-order valence-electron chi connectivity index (χ0n) is 15.2. The first-order valence-corrected chi connectivity index (χ1v) is 8.16. The summed E-state index contributed by atoms with van der Waals surface area (Å²) in [5.41, 5.74) is 5.08. The Kier molecular flexibility index (Phi) is 5.14. The topological polar surface area (TPSA) is 95.1 Å². The van der Waals surface area contributed by atoms with E-state index in [9.17, 15) is 22.4 Å². The predicted molar refractivity (Wildman–Crippen MR) is 96.4 cm³/mol. The van der Waals surface area contributed by atoms with Crippen LogP contribution in [-0.2, 0) is 6.18 Å². The first-order valence-electron chi connectivity index (χ1n) is 8.16. The second kappa shape index (κ2) is 7.41. The SMILES string of the molecule is COc1cccc(F)c1-n1nc(C)c(C(=O)Nc2ccc(C(F)(F)F)cn2)c1N. The summed E-state index contributed by atoms with van der Waals surface area (Å²) >= 11 is 0. The number of para-hydroxylation sites is 1. The summed E-state index contributed by atoms with van der Waals surface area (Å²) < 4.78 is 58.3. The van der Waals surface area contributed by atoms with Crippen LogP contribution in [0.1, 0.15) is 21.6 Å². The molecule has 0 fully saturated rings. The van der Waals surface area contributed by atoms with E-state index in [1.807, 2.05) is 0 Å². The van der Waals surface area contributed by atoms with Crippen LogP contribution in [0.4, 0.5) is 29.2 Å². The van der Waals surface area contributed by atoms with E-state index in [1.54, 1.807) is 0 Å². The number of nitrogens with zero attached hydrogens (tertiary/aromatic N) is 3. The summed E-state index contributed by atoms with van der Waals surface area (Å²) in [6, 6.07) is 5.91. The van der Waals surface area contributed by atoms with Crippen molar-refractivity contribution in [1.82, 2.24) is 14.8 Å². The molecule has 0 spiro atoms. The molecule has 3 N–H and O–H groups in total. The van der Waals surface area contributed by atoms with Crippen LogP contribution in [0.2, 0.25) is 0 Å². The molecule has 0 aliphatic rings. The molecule has 2 heterocycles. The van der Waals surface area contributed by atoms with Crippen molar-refractivity contribution in [2.45, 2.75) is 13.1 Å². The lowest BCUT2D eigenvalue weighted by molar-refractivity contribution is -0.137. The second-order valence-corrected chi connectivity index (χ2v) is 5.93. The maximum Gasteiger partial charge on any atom is 0.417 e. The van der Waals surface area contributed by atoms with Gasteiger partial charge in [-0.2, -0.15) is 18.3 Å². The predicted octanol–water partition coefficient (Wildman–Crippen LogP) is 3.58. The van der Waals surface area contributed by atoms with Gasteiger partial charge in [0.1, 0.15) is 28.6 Å². The third-order valence-electron chi connectivity index (χ3n) is 4.04. The van der Waals surface area contributed by atoms with Gasteiger partial charge < -0.3 is 15.8 Å². The summed E-state index contributed by atoms with van der Waals surface area (Å²) in [4.78, 5) is 16.2. The van der Waals surface area contributed by atoms with Crippen LogP contribution in [0.25, 0.3) is 5.69 Å². The number of halogens is 4. The number of hydrogen-bond acceptors (Lipinski definition) is 5. The van der Waals surface area contributed by atoms with Gasteiger partial charge in [-0.25, -0.2) is 14.1 Å². The molecular weight excluding hydrogens is 394 g/mol. The van der Waals surface area contributed by atoms with E-state index in [-0.39, 0.29) is 34.3 Å². The quantitative estimate of drug-likeness (QED) is 0.643. The number of nitrogens with two attached hydrogens (primary N) is 1. The molecule has 0 radical (unpaired) electrons. The number of pyridine rings is 1. The fraction of sp³-hybridized carbons (Fsp3) is 0.167. The monoisotopic (exact) mass is 409 g/mol. The number of rotatable bonds is 4. The highest BCUT2D eigenvalue weighted by molar-refractivity contribution is 6.07. The second-order valence-electron chi connectivity index (χ2n) is 5.93. The van der Waals surface area contributed by atoms with Crippen molar-refractivity contribution in [3.63, 3.8) is 0 Å². The van der Waals surface area contributed by atoms with E-state index in [0.29, 0.717) is 6.20 Å². The molecule has 152 valence electrons. The smallest absolute Gasteiger partial charge is 0.417 e. The average Bonchev–Trinajstić information content (AvgIpc) is 2.95. The number of amides is 1. The lowest BCUT2D eigenvalue weighted by atomic mass is 10.2. The summed E-state index contributed by atoms with van der Waals surface area (Å²) in [5.74, 6) is -1.56. The molecule has 3 rings (SSSR count). The Morgan fingerprint density at radius 1 is 1.24 bits per heavy atom. The number of methoxy groups -OCH3 is 1. The molecule has 0 unspecified atom stereocenters. The van der Waals surface area contributed by atoms with Crippen LogP contribution in [0.5, 0.6) is 5.75 Å². The molecule has 7 nitrogen and oxygen atoms in total. The molecule has 0 saturated heterocycles. The van der Waals surface area contributed by atoms with Crippen molar-refractivity contribution >= 4 is 17.5 Å². The highest BCUT2D eigenvalue weighted by atomic mass is 19.4. The average molecular weight is 409 g/mol. The van der Waals surface area contributed by atoms with E-state index in [2.05, 4.69) is 15.4 Å². The van der Waals surface area contributed by atoms with Crippen LogP contribution < -0.4 is 15.8 Å². The minimum atomic E-state index is -4.55. The fourth-order valence-electron chi connectivity index (χ4n) is 2.68. The van der Waals surface area contributed by atoms with Crippen LogP contribution in [-0.4, -0.2) is 27.8 Å². The number of benzene rings is 1. The molecule has 3 aromatic rings. The van der Waals surface area contributed by atoms with Gasteiger partial charge >= 0.3 is 6.18 Å². The number of nitrogen functional groups attached to an aromatic ring is 1. The zero-order chi connectivity index (χ0) is 21.3. The molecule has 0 bridgehead atoms. The number of aryl methyl sites for hydroxylation is 1. The van der Waals surface area contributed by atoms with Crippen LogP contribution in [0.15, 0.2) is 36.5 Å². The number of anilines is 2. The molecule has 0 aliphatic heterocycles. The van der Waals surface area contributed by atoms with Crippen LogP contribution >= 0.6 is 0 Å². The van der Waals surface area contributed by atoms with Crippen molar-refractivity contribution < 1.29 is 27.1 Å². The Morgan fingerprint density at radius 2 is 1.97 bits per heavy atom. The van der Waals surface area contributed by atoms with E-state index >= 15 is 0 Å². The number of hydrogen-bond donors (Lipinski definition) is 2. The minimum absolute atomic E-state index is 0.0722. The van der Waals surface area contributed by atoms with E-state index in [0.717, 1.165) is 16.8 Å². The van der Waals surface area contributed by atoms with Crippen molar-refractivity contribution in [3.8, 4) is 11.4 Å². The lowest BCUT2D eigenvalue weighted by Gasteiger charge is -2.11. The van der Waals surface area contributed by atoms with Gasteiger partial charge in [-0.05, 0) is 31.2 Å². The van der Waals surface area contributed by atoms with Crippen molar-refractivity contribution in [1.29, 1.82) is 0 Å². The van der Waals surface area contributed by atoms with Crippen molar-refractivity contribution in [3.05, 3.63) is 59.2 Å². The Labute approximate surface area is 162 Å².